The predicted molar refractivity (Wildman–Crippen MR) is 68.7 cm³/mol. The van der Waals surface area contributed by atoms with Crippen LogP contribution in [0.1, 0.15) is 36.2 Å². The molecule has 1 fully saturated rings. The summed E-state index contributed by atoms with van der Waals surface area (Å²) < 4.78 is 5.78. The molecule has 0 spiro atoms. The molecule has 0 aliphatic heterocycles. The van der Waals surface area contributed by atoms with Crippen LogP contribution in [0.4, 0.5) is 0 Å². The van der Waals surface area contributed by atoms with Gasteiger partial charge in [-0.25, -0.2) is 0 Å². The molecule has 1 atom stereocenters. The molecule has 1 aliphatic carbocycles. The highest BCUT2D eigenvalue weighted by Crippen LogP contribution is 2.27. The lowest BCUT2D eigenvalue weighted by molar-refractivity contribution is 0.0894. The average molecular weight is 301 g/mol. The van der Waals surface area contributed by atoms with E-state index in [1.807, 2.05) is 0 Å². The number of hydrogen-bond acceptors (Lipinski definition) is 3. The van der Waals surface area contributed by atoms with Crippen molar-refractivity contribution in [2.24, 2.45) is 11.7 Å². The first-order valence-corrected chi connectivity index (χ1v) is 6.76. The van der Waals surface area contributed by atoms with Gasteiger partial charge in [-0.1, -0.05) is 12.8 Å². The molecule has 1 aromatic heterocycles. The maximum absolute atomic E-state index is 11.9. The zero-order chi connectivity index (χ0) is 12.3. The fraction of sp³-hybridized carbons (Fsp3) is 0.583. The summed E-state index contributed by atoms with van der Waals surface area (Å²) in [6.45, 7) is 0.484. The minimum Gasteiger partial charge on any atom is -0.444 e. The third-order valence-corrected chi connectivity index (χ3v) is 3.76. The zero-order valence-electron chi connectivity index (χ0n) is 9.62. The van der Waals surface area contributed by atoms with Crippen molar-refractivity contribution in [2.45, 2.75) is 31.7 Å². The van der Waals surface area contributed by atoms with Gasteiger partial charge in [0.05, 0.1) is 0 Å². The average Bonchev–Trinajstić information content (AvgIpc) is 2.96. The molecule has 1 amide bonds. The van der Waals surface area contributed by atoms with Crippen molar-refractivity contribution in [2.75, 3.05) is 6.54 Å². The van der Waals surface area contributed by atoms with Crippen molar-refractivity contribution in [3.05, 3.63) is 22.6 Å². The summed E-state index contributed by atoms with van der Waals surface area (Å²) in [4.78, 5) is 11.9. The van der Waals surface area contributed by atoms with Crippen LogP contribution in [0, 0.1) is 5.92 Å². The second-order valence-corrected chi connectivity index (χ2v) is 5.25. The number of carbonyl (C=O) groups excluding carboxylic acids is 1. The minimum absolute atomic E-state index is 0.0638. The van der Waals surface area contributed by atoms with E-state index in [1.54, 1.807) is 12.1 Å². The van der Waals surface area contributed by atoms with E-state index in [0.717, 1.165) is 12.8 Å². The van der Waals surface area contributed by atoms with Crippen molar-refractivity contribution >= 4 is 21.8 Å². The van der Waals surface area contributed by atoms with E-state index >= 15 is 0 Å². The maximum Gasteiger partial charge on any atom is 0.287 e. The van der Waals surface area contributed by atoms with Crippen molar-refractivity contribution in [1.29, 1.82) is 0 Å². The predicted octanol–water partition coefficient (Wildman–Crippen LogP) is 2.29. The minimum atomic E-state index is -0.182. The standard InChI is InChI=1S/C12H17BrN2O2/c13-11-6-5-10(17-11)12(16)15-9(7-14)8-3-1-2-4-8/h5-6,8-9H,1-4,7,14H2,(H,15,16). The van der Waals surface area contributed by atoms with Gasteiger partial charge in [-0.2, -0.15) is 0 Å². The van der Waals surface area contributed by atoms with Gasteiger partial charge in [0.15, 0.2) is 10.4 Å². The van der Waals surface area contributed by atoms with Crippen molar-refractivity contribution in [1.82, 2.24) is 5.32 Å². The van der Waals surface area contributed by atoms with Crippen LogP contribution in [0.25, 0.3) is 0 Å². The van der Waals surface area contributed by atoms with E-state index in [9.17, 15) is 4.79 Å². The van der Waals surface area contributed by atoms with Crippen LogP contribution in [-0.2, 0) is 0 Å². The molecule has 1 heterocycles. The Morgan fingerprint density at radius 3 is 2.76 bits per heavy atom. The molecule has 1 saturated carbocycles. The van der Waals surface area contributed by atoms with Gasteiger partial charge >= 0.3 is 0 Å². The first-order chi connectivity index (χ1) is 8.20. The molecule has 0 bridgehead atoms. The fourth-order valence-corrected chi connectivity index (χ4v) is 2.71. The highest BCUT2D eigenvalue weighted by Gasteiger charge is 2.26. The number of halogens is 1. The lowest BCUT2D eigenvalue weighted by Crippen LogP contribution is -2.44. The first kappa shape index (κ1) is 12.6. The number of nitrogens with one attached hydrogen (secondary N) is 1. The van der Waals surface area contributed by atoms with Crippen LogP contribution < -0.4 is 11.1 Å². The Bertz CT molecular complexity index is 386. The molecular formula is C12H17BrN2O2. The molecular weight excluding hydrogens is 284 g/mol. The van der Waals surface area contributed by atoms with Crippen LogP contribution >= 0.6 is 15.9 Å². The van der Waals surface area contributed by atoms with Gasteiger partial charge in [0.1, 0.15) is 0 Å². The molecule has 1 aromatic rings. The number of amides is 1. The number of furan rings is 1. The third kappa shape index (κ3) is 3.10. The Hall–Kier alpha value is -0.810. The number of rotatable bonds is 4. The van der Waals surface area contributed by atoms with Gasteiger partial charge in [0, 0.05) is 12.6 Å². The van der Waals surface area contributed by atoms with Crippen molar-refractivity contribution in [3.63, 3.8) is 0 Å². The molecule has 0 aromatic carbocycles. The van der Waals surface area contributed by atoms with E-state index < -0.39 is 0 Å². The monoisotopic (exact) mass is 300 g/mol. The summed E-state index contributed by atoms with van der Waals surface area (Å²) in [5, 5.41) is 2.96. The lowest BCUT2D eigenvalue weighted by atomic mass is 9.98. The molecule has 17 heavy (non-hydrogen) atoms. The molecule has 94 valence electrons. The van der Waals surface area contributed by atoms with Gasteiger partial charge in [-0.05, 0) is 46.8 Å². The van der Waals surface area contributed by atoms with Gasteiger partial charge in [0.2, 0.25) is 0 Å². The summed E-state index contributed by atoms with van der Waals surface area (Å²) in [6.07, 6.45) is 4.79. The summed E-state index contributed by atoms with van der Waals surface area (Å²) in [5.74, 6) is 0.661. The maximum atomic E-state index is 11.9. The van der Waals surface area contributed by atoms with Gasteiger partial charge < -0.3 is 15.5 Å². The second kappa shape index (κ2) is 5.69. The zero-order valence-corrected chi connectivity index (χ0v) is 11.2. The van der Waals surface area contributed by atoms with Gasteiger partial charge in [-0.3, -0.25) is 4.79 Å². The van der Waals surface area contributed by atoms with Crippen LogP contribution in [0.3, 0.4) is 0 Å². The second-order valence-electron chi connectivity index (χ2n) is 4.46. The van der Waals surface area contributed by atoms with Crippen molar-refractivity contribution in [3.8, 4) is 0 Å². The molecule has 2 rings (SSSR count). The quantitative estimate of drug-likeness (QED) is 0.896. The Kier molecular flexibility index (Phi) is 4.23. The first-order valence-electron chi connectivity index (χ1n) is 5.97. The third-order valence-electron chi connectivity index (χ3n) is 3.34. The van der Waals surface area contributed by atoms with Crippen LogP contribution in [-0.4, -0.2) is 18.5 Å². The smallest absolute Gasteiger partial charge is 0.287 e. The molecule has 0 radical (unpaired) electrons. The number of carbonyl (C=O) groups is 1. The Morgan fingerprint density at radius 1 is 1.53 bits per heavy atom. The molecule has 3 N–H and O–H groups in total. The Balaban J connectivity index is 1.96. The normalized spacial score (nSPS) is 18.2. The molecule has 0 saturated heterocycles. The lowest BCUT2D eigenvalue weighted by Gasteiger charge is -2.22. The van der Waals surface area contributed by atoms with E-state index in [0.29, 0.717) is 22.9 Å². The number of nitrogens with two attached hydrogens (primary N) is 1. The van der Waals surface area contributed by atoms with E-state index in [2.05, 4.69) is 21.2 Å². The largest absolute Gasteiger partial charge is 0.444 e. The number of hydrogen-bond donors (Lipinski definition) is 2. The van der Waals surface area contributed by atoms with Crippen LogP contribution in [0.15, 0.2) is 21.2 Å². The van der Waals surface area contributed by atoms with Gasteiger partial charge in [0.25, 0.3) is 5.91 Å². The Labute approximate surface area is 109 Å². The van der Waals surface area contributed by atoms with Gasteiger partial charge in [-0.15, -0.1) is 0 Å². The SMILES string of the molecule is NCC(NC(=O)c1ccc(Br)o1)C1CCCC1. The summed E-state index contributed by atoms with van der Waals surface area (Å²) >= 11 is 3.18. The van der Waals surface area contributed by atoms with E-state index in [4.69, 9.17) is 10.2 Å². The molecule has 1 unspecified atom stereocenters. The van der Waals surface area contributed by atoms with Crippen molar-refractivity contribution < 1.29 is 9.21 Å². The fourth-order valence-electron chi connectivity index (χ4n) is 2.40. The highest BCUT2D eigenvalue weighted by molar-refractivity contribution is 9.10. The Morgan fingerprint density at radius 2 is 2.24 bits per heavy atom. The van der Waals surface area contributed by atoms with E-state index in [1.165, 1.54) is 12.8 Å². The highest BCUT2D eigenvalue weighted by atomic mass is 79.9. The molecule has 5 heteroatoms. The van der Waals surface area contributed by atoms with E-state index in [-0.39, 0.29) is 11.9 Å². The molecule has 1 aliphatic rings. The summed E-state index contributed by atoms with van der Waals surface area (Å²) in [5.41, 5.74) is 5.73. The topological polar surface area (TPSA) is 68.3 Å². The van der Waals surface area contributed by atoms with Crippen LogP contribution in [0.2, 0.25) is 0 Å². The summed E-state index contributed by atoms with van der Waals surface area (Å²) in [7, 11) is 0. The van der Waals surface area contributed by atoms with Crippen LogP contribution in [0.5, 0.6) is 0 Å². The summed E-state index contributed by atoms with van der Waals surface area (Å²) in [6, 6.07) is 3.43. The molecule has 4 nitrogen and oxygen atoms in total.